The summed E-state index contributed by atoms with van der Waals surface area (Å²) in [4.78, 5) is 25.0. The highest BCUT2D eigenvalue weighted by atomic mass is 16.7. The number of carbonyl (C=O) groups is 2. The highest BCUT2D eigenvalue weighted by Gasteiger charge is 2.44. The first-order valence-corrected chi connectivity index (χ1v) is 32.1. The van der Waals surface area contributed by atoms with E-state index in [0.717, 1.165) is 64.2 Å². The Balaban J connectivity index is 1.98. The third-order valence-corrected chi connectivity index (χ3v) is 14.8. The molecule has 0 saturated carbocycles. The minimum Gasteiger partial charge on any atom is -0.466 e. The lowest BCUT2D eigenvalue weighted by Gasteiger charge is -2.40. The van der Waals surface area contributed by atoms with Gasteiger partial charge in [0.05, 0.1) is 32.0 Å². The third kappa shape index (κ3) is 44.8. The molecule has 0 spiro atoms. The molecule has 1 aliphatic rings. The molecule has 0 radical (unpaired) electrons. The average molecular weight is 1090 g/mol. The van der Waals surface area contributed by atoms with Gasteiger partial charge < -0.3 is 45.1 Å². The Labute approximate surface area is 471 Å². The Bertz CT molecular complexity index is 1460. The predicted molar refractivity (Wildman–Crippen MR) is 320 cm³/mol. The number of ether oxygens (including phenoxy) is 3. The number of hydrogen-bond acceptors (Lipinski definition) is 10. The molecule has 7 atom stereocenters. The van der Waals surface area contributed by atoms with E-state index >= 15 is 0 Å². The molecule has 1 amide bonds. The summed E-state index contributed by atoms with van der Waals surface area (Å²) < 4.78 is 16.6. The van der Waals surface area contributed by atoms with Crippen LogP contribution >= 0.6 is 0 Å². The SMILES string of the molecule is CCCC/C=C\CCCCCCCC(=O)OCCCCCCCCCCC/C=C\C/C=C\CCCCCCCCCCCCCCCC(=O)NC(COC1OC(CO)C(O)C(O)C1O)C(O)/C=C/CC/C=C/CCCCC. The second kappa shape index (κ2) is 55.3. The molecule has 1 fully saturated rings. The van der Waals surface area contributed by atoms with Crippen molar-refractivity contribution in [1.29, 1.82) is 0 Å². The lowest BCUT2D eigenvalue weighted by atomic mass is 9.99. The highest BCUT2D eigenvalue weighted by molar-refractivity contribution is 5.76. The van der Waals surface area contributed by atoms with Gasteiger partial charge in [-0.1, -0.05) is 235 Å². The van der Waals surface area contributed by atoms with Crippen molar-refractivity contribution >= 4 is 11.9 Å². The molecule has 0 bridgehead atoms. The maximum atomic E-state index is 13.0. The normalized spacial score (nSPS) is 19.0. The molecule has 1 rings (SSSR count). The van der Waals surface area contributed by atoms with Gasteiger partial charge in [-0.15, -0.1) is 0 Å². The number of aliphatic hydroxyl groups is 5. The van der Waals surface area contributed by atoms with Gasteiger partial charge in [0.15, 0.2) is 6.29 Å². The fourth-order valence-electron chi connectivity index (χ4n) is 9.70. The fraction of sp³-hybridized carbons (Fsp3) is 0.818. The van der Waals surface area contributed by atoms with Crippen molar-refractivity contribution in [2.45, 2.75) is 326 Å². The van der Waals surface area contributed by atoms with Crippen LogP contribution in [0, 0.1) is 0 Å². The lowest BCUT2D eigenvalue weighted by molar-refractivity contribution is -0.302. The van der Waals surface area contributed by atoms with Gasteiger partial charge in [0, 0.05) is 12.8 Å². The van der Waals surface area contributed by atoms with Crippen LogP contribution in [0.15, 0.2) is 60.8 Å². The summed E-state index contributed by atoms with van der Waals surface area (Å²) in [5, 5.41) is 54.2. The number of hydrogen-bond donors (Lipinski definition) is 6. The molecule has 11 nitrogen and oxygen atoms in total. The number of aliphatic hydroxyl groups excluding tert-OH is 5. The Morgan fingerprint density at radius 3 is 1.40 bits per heavy atom. The molecule has 448 valence electrons. The maximum absolute atomic E-state index is 13.0. The molecule has 11 heteroatoms. The van der Waals surface area contributed by atoms with Gasteiger partial charge in [0.1, 0.15) is 24.4 Å². The first kappa shape index (κ1) is 72.4. The molecule has 0 aliphatic carbocycles. The molecule has 1 aliphatic heterocycles. The minimum atomic E-state index is -1.58. The zero-order chi connectivity index (χ0) is 55.9. The zero-order valence-corrected chi connectivity index (χ0v) is 49.4. The van der Waals surface area contributed by atoms with Crippen molar-refractivity contribution < 1.29 is 49.3 Å². The van der Waals surface area contributed by atoms with Gasteiger partial charge in [0.2, 0.25) is 5.91 Å². The topological polar surface area (TPSA) is 175 Å². The molecule has 1 heterocycles. The molecule has 0 aromatic rings. The number of carbonyl (C=O) groups excluding carboxylic acids is 2. The summed E-state index contributed by atoms with van der Waals surface area (Å²) >= 11 is 0. The minimum absolute atomic E-state index is 0.00880. The summed E-state index contributed by atoms with van der Waals surface area (Å²) in [5.41, 5.74) is 0. The largest absolute Gasteiger partial charge is 0.466 e. The molecule has 7 unspecified atom stereocenters. The van der Waals surface area contributed by atoms with Crippen LogP contribution in [0.25, 0.3) is 0 Å². The Kier molecular flexibility index (Phi) is 52.0. The first-order chi connectivity index (χ1) is 37.7. The van der Waals surface area contributed by atoms with E-state index in [9.17, 15) is 35.1 Å². The van der Waals surface area contributed by atoms with Crippen LogP contribution < -0.4 is 5.32 Å². The maximum Gasteiger partial charge on any atom is 0.305 e. The van der Waals surface area contributed by atoms with Crippen molar-refractivity contribution in [2.75, 3.05) is 19.8 Å². The molecular formula is C66H119NO10. The van der Waals surface area contributed by atoms with Gasteiger partial charge in [0.25, 0.3) is 0 Å². The van der Waals surface area contributed by atoms with Crippen molar-refractivity contribution in [3.05, 3.63) is 60.8 Å². The molecule has 1 saturated heterocycles. The lowest BCUT2D eigenvalue weighted by Crippen LogP contribution is -2.60. The number of unbranched alkanes of at least 4 members (excludes halogenated alkanes) is 33. The van der Waals surface area contributed by atoms with E-state index in [4.69, 9.17) is 14.2 Å². The fourth-order valence-corrected chi connectivity index (χ4v) is 9.70. The summed E-state index contributed by atoms with van der Waals surface area (Å²) in [7, 11) is 0. The van der Waals surface area contributed by atoms with Gasteiger partial charge in [-0.2, -0.15) is 0 Å². The second-order valence-electron chi connectivity index (χ2n) is 22.1. The van der Waals surface area contributed by atoms with Crippen LogP contribution in [0.1, 0.15) is 284 Å². The first-order valence-electron chi connectivity index (χ1n) is 32.1. The van der Waals surface area contributed by atoms with E-state index in [0.29, 0.717) is 19.4 Å². The van der Waals surface area contributed by atoms with E-state index in [1.165, 1.54) is 193 Å². The number of nitrogens with one attached hydrogen (secondary N) is 1. The molecule has 0 aromatic carbocycles. The highest BCUT2D eigenvalue weighted by Crippen LogP contribution is 2.23. The zero-order valence-electron chi connectivity index (χ0n) is 49.4. The van der Waals surface area contributed by atoms with Crippen LogP contribution in [0.5, 0.6) is 0 Å². The van der Waals surface area contributed by atoms with Crippen LogP contribution in [0.4, 0.5) is 0 Å². The number of esters is 1. The summed E-state index contributed by atoms with van der Waals surface area (Å²) in [6, 6.07) is -0.828. The molecule has 0 aromatic heterocycles. The van der Waals surface area contributed by atoms with Crippen LogP contribution in [0.2, 0.25) is 0 Å². The van der Waals surface area contributed by atoms with E-state index in [2.05, 4.69) is 67.8 Å². The summed E-state index contributed by atoms with van der Waals surface area (Å²) in [6.07, 6.45) is 62.1. The Morgan fingerprint density at radius 2 is 0.896 bits per heavy atom. The van der Waals surface area contributed by atoms with Crippen molar-refractivity contribution in [1.82, 2.24) is 5.32 Å². The molecular weight excluding hydrogens is 967 g/mol. The van der Waals surface area contributed by atoms with Crippen LogP contribution in [-0.2, 0) is 23.8 Å². The van der Waals surface area contributed by atoms with E-state index in [1.54, 1.807) is 6.08 Å². The third-order valence-electron chi connectivity index (χ3n) is 14.8. The molecule has 77 heavy (non-hydrogen) atoms. The van der Waals surface area contributed by atoms with Crippen molar-refractivity contribution in [3.63, 3.8) is 0 Å². The van der Waals surface area contributed by atoms with Gasteiger partial charge in [-0.3, -0.25) is 9.59 Å². The van der Waals surface area contributed by atoms with Crippen LogP contribution in [-0.4, -0.2) is 100 Å². The Hall–Kier alpha value is -2.64. The van der Waals surface area contributed by atoms with E-state index < -0.39 is 49.5 Å². The van der Waals surface area contributed by atoms with Gasteiger partial charge in [-0.05, 0) is 96.3 Å². The van der Waals surface area contributed by atoms with Gasteiger partial charge in [-0.25, -0.2) is 0 Å². The quantitative estimate of drug-likeness (QED) is 0.0195. The standard InChI is InChI=1S/C66H119NO10/c1-3-5-7-9-11-13-33-38-42-46-50-54-62(71)75-55-51-47-43-39-35-32-30-28-26-24-22-20-18-16-14-15-17-19-21-23-25-27-29-31-34-37-41-45-49-53-61(70)67-58(59(69)52-48-44-40-36-12-10-8-6-4-2)57-76-66-65(74)64(73)63(72)60(56-68)77-66/h9,11-12,14,16,20,22,36,48,52,58-60,63-66,68-69,72-74H,3-8,10,13,15,17-19,21,23-35,37-47,49-51,53-57H2,1-2H3,(H,67,70)/b11-9-,16-14-,22-20-,36-12+,52-48+. The average Bonchev–Trinajstić information content (AvgIpc) is 3.43. The van der Waals surface area contributed by atoms with Crippen molar-refractivity contribution in [3.8, 4) is 0 Å². The predicted octanol–water partition coefficient (Wildman–Crippen LogP) is 15.4. The number of rotatable bonds is 55. The van der Waals surface area contributed by atoms with E-state index in [1.807, 2.05) is 6.08 Å². The molecule has 6 N–H and O–H groups in total. The number of amides is 1. The van der Waals surface area contributed by atoms with E-state index in [-0.39, 0.29) is 18.5 Å². The van der Waals surface area contributed by atoms with Crippen molar-refractivity contribution in [2.24, 2.45) is 0 Å². The van der Waals surface area contributed by atoms with Crippen LogP contribution in [0.3, 0.4) is 0 Å². The number of allylic oxidation sites excluding steroid dienone is 9. The second-order valence-corrected chi connectivity index (χ2v) is 22.1. The van der Waals surface area contributed by atoms with Gasteiger partial charge >= 0.3 is 5.97 Å². The monoisotopic (exact) mass is 1090 g/mol. The Morgan fingerprint density at radius 1 is 0.481 bits per heavy atom. The summed E-state index contributed by atoms with van der Waals surface area (Å²) in [6.45, 7) is 4.24. The summed E-state index contributed by atoms with van der Waals surface area (Å²) in [5.74, 6) is -0.205. The smallest absolute Gasteiger partial charge is 0.305 e.